The zero-order chi connectivity index (χ0) is 23.9. The number of thioether (sulfide) groups is 1. The number of rotatable bonds is 3. The van der Waals surface area contributed by atoms with Crippen LogP contribution in [0.3, 0.4) is 0 Å². The molecule has 6 heteroatoms. The summed E-state index contributed by atoms with van der Waals surface area (Å²) >= 11 is 3.60. The molecule has 1 N–H and O–H groups in total. The monoisotopic (exact) mass is 499 g/mol. The molecule has 0 saturated heterocycles. The summed E-state index contributed by atoms with van der Waals surface area (Å²) in [5.74, 6) is 0. The number of nitrogens with zero attached hydrogens (tertiary/aromatic N) is 2. The van der Waals surface area contributed by atoms with Crippen LogP contribution in [0.5, 0.6) is 0 Å². The van der Waals surface area contributed by atoms with E-state index in [2.05, 4.69) is 71.7 Å². The highest BCUT2D eigenvalue weighted by Crippen LogP contribution is 2.44. The van der Waals surface area contributed by atoms with Crippen molar-refractivity contribution in [2.45, 2.75) is 50.1 Å². The van der Waals surface area contributed by atoms with Crippen LogP contribution in [0, 0.1) is 6.92 Å². The van der Waals surface area contributed by atoms with Crippen LogP contribution >= 0.6 is 23.1 Å². The molecule has 0 spiro atoms. The number of aryl methyl sites for hydroxylation is 2. The molecule has 1 aliphatic carbocycles. The molecule has 3 heterocycles. The van der Waals surface area contributed by atoms with Gasteiger partial charge in [-0.2, -0.15) is 0 Å². The first-order valence-electron chi connectivity index (χ1n) is 12.2. The van der Waals surface area contributed by atoms with Crippen LogP contribution in [-0.2, 0) is 19.4 Å². The molecule has 1 atom stereocenters. The van der Waals surface area contributed by atoms with Crippen molar-refractivity contribution in [1.82, 2.24) is 9.47 Å². The molecular weight excluding hydrogens is 470 g/mol. The number of anilines is 1. The molecule has 2 aliphatic rings. The second-order valence-electron chi connectivity index (χ2n) is 9.40. The van der Waals surface area contributed by atoms with Gasteiger partial charge in [-0.05, 0) is 80.3 Å². The van der Waals surface area contributed by atoms with Gasteiger partial charge in [0.25, 0.3) is 0 Å². The molecule has 0 bridgehead atoms. The predicted octanol–water partition coefficient (Wildman–Crippen LogP) is 7.59. The number of benzene rings is 2. The summed E-state index contributed by atoms with van der Waals surface area (Å²) in [5, 5.41) is 4.50. The predicted molar refractivity (Wildman–Crippen MR) is 146 cm³/mol. The maximum absolute atomic E-state index is 14.0. The van der Waals surface area contributed by atoms with Crippen molar-refractivity contribution >= 4 is 34.8 Å². The van der Waals surface area contributed by atoms with Gasteiger partial charge in [-0.15, -0.1) is 23.1 Å². The second kappa shape index (κ2) is 9.25. The van der Waals surface area contributed by atoms with Crippen LogP contribution < -0.4 is 5.32 Å². The first-order chi connectivity index (χ1) is 17.1. The molecule has 2 aromatic carbocycles. The minimum atomic E-state index is -0.173. The molecule has 4 nitrogen and oxygen atoms in total. The second-order valence-corrected chi connectivity index (χ2v) is 11.4. The summed E-state index contributed by atoms with van der Waals surface area (Å²) in [4.78, 5) is 18.7. The Hall–Kier alpha value is -2.96. The summed E-state index contributed by atoms with van der Waals surface area (Å²) in [6.45, 7) is 2.71. The molecule has 6 rings (SSSR count). The number of urea groups is 1. The molecular formula is C29H29N3OS2. The highest BCUT2D eigenvalue weighted by molar-refractivity contribution is 7.98. The van der Waals surface area contributed by atoms with Crippen molar-refractivity contribution in [1.29, 1.82) is 0 Å². The molecule has 0 radical (unpaired) electrons. The van der Waals surface area contributed by atoms with E-state index in [0.29, 0.717) is 6.54 Å². The normalized spacial score (nSPS) is 16.7. The summed E-state index contributed by atoms with van der Waals surface area (Å²) in [7, 11) is 0. The Kier molecular flexibility index (Phi) is 5.94. The third-order valence-electron chi connectivity index (χ3n) is 7.15. The molecule has 1 unspecified atom stereocenters. The average molecular weight is 500 g/mol. The maximum Gasteiger partial charge on any atom is 0.322 e. The van der Waals surface area contributed by atoms with E-state index in [4.69, 9.17) is 0 Å². The molecule has 1 aliphatic heterocycles. The number of carbonyl (C=O) groups is 1. The summed E-state index contributed by atoms with van der Waals surface area (Å²) in [6, 6.07) is 20.7. The quantitative estimate of drug-likeness (QED) is 0.295. The van der Waals surface area contributed by atoms with E-state index in [1.54, 1.807) is 11.8 Å². The summed E-state index contributed by atoms with van der Waals surface area (Å²) in [6.07, 6.45) is 8.97. The Morgan fingerprint density at radius 3 is 2.69 bits per heavy atom. The standard InChI is InChI=1S/C29H29N3OS2/c1-19-12-14-20(15-13-19)27-25-10-6-16-31(25)28-24(23-9-3-4-11-26(23)35-28)18-32(27)29(33)30-21-7-5-8-22(17-21)34-2/h5-8,10,12-17,27H,3-4,9,11,18H2,1-2H3,(H,30,33). The van der Waals surface area contributed by atoms with Gasteiger partial charge in [-0.1, -0.05) is 35.9 Å². The van der Waals surface area contributed by atoms with Gasteiger partial charge in [0.1, 0.15) is 5.00 Å². The SMILES string of the molecule is CSc1cccc(NC(=O)N2Cc3c(sc4c3CCCC4)-n3cccc3C2c2ccc(C)cc2)c1. The van der Waals surface area contributed by atoms with Gasteiger partial charge < -0.3 is 14.8 Å². The molecule has 2 amide bonds. The molecule has 2 aromatic heterocycles. The Morgan fingerprint density at radius 2 is 1.86 bits per heavy atom. The van der Waals surface area contributed by atoms with Gasteiger partial charge >= 0.3 is 6.03 Å². The van der Waals surface area contributed by atoms with E-state index in [1.807, 2.05) is 34.4 Å². The lowest BCUT2D eigenvalue weighted by atomic mass is 9.95. The van der Waals surface area contributed by atoms with E-state index < -0.39 is 0 Å². The average Bonchev–Trinajstić information content (AvgIpc) is 3.47. The van der Waals surface area contributed by atoms with Crippen molar-refractivity contribution in [3.8, 4) is 5.00 Å². The lowest BCUT2D eigenvalue weighted by Gasteiger charge is -2.31. The largest absolute Gasteiger partial charge is 0.322 e. The fourth-order valence-corrected chi connectivity index (χ4v) is 7.25. The molecule has 35 heavy (non-hydrogen) atoms. The van der Waals surface area contributed by atoms with Crippen LogP contribution in [-0.4, -0.2) is 21.8 Å². The Morgan fingerprint density at radius 1 is 1.03 bits per heavy atom. The van der Waals surface area contributed by atoms with E-state index in [-0.39, 0.29) is 12.1 Å². The lowest BCUT2D eigenvalue weighted by Crippen LogP contribution is -2.38. The molecule has 0 saturated carbocycles. The van der Waals surface area contributed by atoms with Crippen LogP contribution in [0.15, 0.2) is 71.8 Å². The van der Waals surface area contributed by atoms with E-state index >= 15 is 0 Å². The third kappa shape index (κ3) is 4.09. The smallest absolute Gasteiger partial charge is 0.310 e. The van der Waals surface area contributed by atoms with Crippen LogP contribution in [0.1, 0.15) is 51.7 Å². The van der Waals surface area contributed by atoms with Crippen molar-refractivity contribution in [2.24, 2.45) is 0 Å². The van der Waals surface area contributed by atoms with Gasteiger partial charge in [0.2, 0.25) is 0 Å². The number of carbonyl (C=O) groups excluding carboxylic acids is 1. The van der Waals surface area contributed by atoms with Crippen molar-refractivity contribution in [2.75, 3.05) is 11.6 Å². The van der Waals surface area contributed by atoms with Crippen molar-refractivity contribution in [3.63, 3.8) is 0 Å². The zero-order valence-electron chi connectivity index (χ0n) is 20.1. The topological polar surface area (TPSA) is 37.3 Å². The van der Waals surface area contributed by atoms with Crippen LogP contribution in [0.2, 0.25) is 0 Å². The van der Waals surface area contributed by atoms with Gasteiger partial charge in [-0.3, -0.25) is 0 Å². The Balaban J connectivity index is 1.48. The number of hydrogen-bond acceptors (Lipinski definition) is 3. The summed E-state index contributed by atoms with van der Waals surface area (Å²) in [5.41, 5.74) is 7.12. The van der Waals surface area contributed by atoms with E-state index in [9.17, 15) is 4.79 Å². The number of thiophene rings is 1. The minimum Gasteiger partial charge on any atom is -0.310 e. The zero-order valence-corrected chi connectivity index (χ0v) is 21.7. The highest BCUT2D eigenvalue weighted by Gasteiger charge is 2.36. The van der Waals surface area contributed by atoms with Gasteiger partial charge in [0.15, 0.2) is 0 Å². The molecule has 178 valence electrons. The Bertz CT molecular complexity index is 1390. The first-order valence-corrected chi connectivity index (χ1v) is 14.3. The van der Waals surface area contributed by atoms with Crippen molar-refractivity contribution < 1.29 is 4.79 Å². The summed E-state index contributed by atoms with van der Waals surface area (Å²) < 4.78 is 2.34. The van der Waals surface area contributed by atoms with Gasteiger partial charge in [-0.25, -0.2) is 4.79 Å². The fraction of sp³-hybridized carbons (Fsp3) is 0.276. The third-order valence-corrected chi connectivity index (χ3v) is 9.21. The lowest BCUT2D eigenvalue weighted by molar-refractivity contribution is 0.194. The number of nitrogens with one attached hydrogen (secondary N) is 1. The van der Waals surface area contributed by atoms with E-state index in [1.165, 1.54) is 39.4 Å². The number of amides is 2. The number of aromatic nitrogens is 1. The fourth-order valence-electron chi connectivity index (χ4n) is 5.38. The number of hydrogen-bond donors (Lipinski definition) is 1. The highest BCUT2D eigenvalue weighted by atomic mass is 32.2. The molecule has 4 aromatic rings. The van der Waals surface area contributed by atoms with Gasteiger partial charge in [0.05, 0.1) is 18.3 Å². The maximum atomic E-state index is 14.0. The van der Waals surface area contributed by atoms with Crippen molar-refractivity contribution in [3.05, 3.63) is 99.7 Å². The van der Waals surface area contributed by atoms with Gasteiger partial charge in [0, 0.05) is 27.2 Å². The van der Waals surface area contributed by atoms with Crippen LogP contribution in [0.4, 0.5) is 10.5 Å². The molecule has 0 fully saturated rings. The Labute approximate surface area is 215 Å². The van der Waals surface area contributed by atoms with Crippen LogP contribution in [0.25, 0.3) is 5.00 Å². The minimum absolute atomic E-state index is 0.0646. The first kappa shape index (κ1) is 22.5. The number of fused-ring (bicyclic) bond motifs is 5. The van der Waals surface area contributed by atoms with E-state index in [0.717, 1.165) is 34.7 Å².